The third-order valence-corrected chi connectivity index (χ3v) is 4.62. The smallest absolute Gasteiger partial charge is 0.228 e. The molecule has 2 aliphatic carbocycles. The minimum Gasteiger partial charge on any atom is -0.339 e. The van der Waals surface area contributed by atoms with E-state index in [0.29, 0.717) is 11.8 Å². The zero-order valence-corrected chi connectivity index (χ0v) is 11.0. The Labute approximate surface area is 108 Å². The van der Waals surface area contributed by atoms with E-state index < -0.39 is 0 Å². The molecular formula is C14H23N3O. The first-order valence-corrected chi connectivity index (χ1v) is 7.41. The lowest BCUT2D eigenvalue weighted by molar-refractivity contribution is 0.337. The van der Waals surface area contributed by atoms with Gasteiger partial charge >= 0.3 is 0 Å². The van der Waals surface area contributed by atoms with Crippen molar-refractivity contribution in [2.24, 2.45) is 11.7 Å². The zero-order valence-electron chi connectivity index (χ0n) is 11.0. The molecule has 18 heavy (non-hydrogen) atoms. The fourth-order valence-electron chi connectivity index (χ4n) is 3.45. The third kappa shape index (κ3) is 2.58. The van der Waals surface area contributed by atoms with Gasteiger partial charge in [0.05, 0.1) is 0 Å². The summed E-state index contributed by atoms with van der Waals surface area (Å²) in [5.74, 6) is 2.86. The molecule has 2 aliphatic rings. The molecule has 1 heterocycles. The maximum atomic E-state index is 6.25. The van der Waals surface area contributed by atoms with Crippen molar-refractivity contribution in [1.29, 1.82) is 0 Å². The van der Waals surface area contributed by atoms with Crippen molar-refractivity contribution in [2.45, 2.75) is 69.7 Å². The van der Waals surface area contributed by atoms with Gasteiger partial charge in [0.2, 0.25) is 5.89 Å². The van der Waals surface area contributed by atoms with Crippen molar-refractivity contribution >= 4 is 0 Å². The lowest BCUT2D eigenvalue weighted by Crippen LogP contribution is -2.30. The maximum absolute atomic E-state index is 6.25. The van der Waals surface area contributed by atoms with Crippen LogP contribution in [0.25, 0.3) is 0 Å². The van der Waals surface area contributed by atoms with Gasteiger partial charge in [-0.1, -0.05) is 30.8 Å². The molecule has 1 aromatic heterocycles. The van der Waals surface area contributed by atoms with E-state index in [9.17, 15) is 0 Å². The highest BCUT2D eigenvalue weighted by Gasteiger charge is 2.26. The second-order valence-corrected chi connectivity index (χ2v) is 5.94. The molecule has 0 spiro atoms. The number of rotatable bonds is 4. The Balaban J connectivity index is 1.58. The summed E-state index contributed by atoms with van der Waals surface area (Å²) >= 11 is 0. The molecule has 0 aromatic carbocycles. The van der Waals surface area contributed by atoms with E-state index in [1.54, 1.807) is 0 Å². The molecule has 4 nitrogen and oxygen atoms in total. The molecule has 0 aliphatic heterocycles. The van der Waals surface area contributed by atoms with Crippen molar-refractivity contribution in [3.63, 3.8) is 0 Å². The molecule has 0 bridgehead atoms. The molecule has 1 aromatic rings. The highest BCUT2D eigenvalue weighted by molar-refractivity contribution is 4.99. The molecule has 0 radical (unpaired) electrons. The molecule has 1 atom stereocenters. The Morgan fingerprint density at radius 2 is 1.78 bits per heavy atom. The first-order chi connectivity index (χ1) is 8.83. The van der Waals surface area contributed by atoms with Gasteiger partial charge < -0.3 is 10.3 Å². The fraction of sp³-hybridized carbons (Fsp3) is 0.857. The van der Waals surface area contributed by atoms with Gasteiger partial charge in [-0.05, 0) is 31.6 Å². The monoisotopic (exact) mass is 249 g/mol. The Kier molecular flexibility index (Phi) is 3.64. The second kappa shape index (κ2) is 5.39. The van der Waals surface area contributed by atoms with Gasteiger partial charge in [0.15, 0.2) is 5.82 Å². The predicted molar refractivity (Wildman–Crippen MR) is 69.1 cm³/mol. The second-order valence-electron chi connectivity index (χ2n) is 5.94. The quantitative estimate of drug-likeness (QED) is 0.891. The van der Waals surface area contributed by atoms with E-state index in [-0.39, 0.29) is 6.04 Å². The van der Waals surface area contributed by atoms with Gasteiger partial charge in [0.1, 0.15) is 0 Å². The largest absolute Gasteiger partial charge is 0.339 e. The van der Waals surface area contributed by atoms with Crippen LogP contribution in [-0.2, 0) is 6.42 Å². The van der Waals surface area contributed by atoms with E-state index in [1.165, 1.54) is 51.4 Å². The SMILES string of the molecule is NC(Cc1nc(C2CCCC2)no1)C1CCCC1. The van der Waals surface area contributed by atoms with Gasteiger partial charge in [-0.15, -0.1) is 0 Å². The van der Waals surface area contributed by atoms with Crippen LogP contribution in [0.5, 0.6) is 0 Å². The van der Waals surface area contributed by atoms with Crippen LogP contribution < -0.4 is 5.73 Å². The van der Waals surface area contributed by atoms with Gasteiger partial charge in [0, 0.05) is 18.4 Å². The third-order valence-electron chi connectivity index (χ3n) is 4.62. The predicted octanol–water partition coefficient (Wildman–Crippen LogP) is 2.79. The van der Waals surface area contributed by atoms with E-state index in [4.69, 9.17) is 10.3 Å². The zero-order chi connectivity index (χ0) is 12.4. The number of nitrogens with zero attached hydrogens (tertiary/aromatic N) is 2. The Morgan fingerprint density at radius 3 is 2.50 bits per heavy atom. The number of aromatic nitrogens is 2. The lowest BCUT2D eigenvalue weighted by atomic mass is 9.96. The summed E-state index contributed by atoms with van der Waals surface area (Å²) in [7, 11) is 0. The van der Waals surface area contributed by atoms with Crippen molar-refractivity contribution in [3.8, 4) is 0 Å². The molecule has 0 saturated heterocycles. The van der Waals surface area contributed by atoms with Crippen LogP contribution in [0.15, 0.2) is 4.52 Å². The summed E-state index contributed by atoms with van der Waals surface area (Å²) < 4.78 is 5.37. The summed E-state index contributed by atoms with van der Waals surface area (Å²) in [4.78, 5) is 4.55. The van der Waals surface area contributed by atoms with Crippen molar-refractivity contribution in [1.82, 2.24) is 10.1 Å². The topological polar surface area (TPSA) is 64.9 Å². The minimum absolute atomic E-state index is 0.198. The average Bonchev–Trinajstić information content (AvgIpc) is 3.12. The molecule has 2 fully saturated rings. The summed E-state index contributed by atoms with van der Waals surface area (Å²) in [6, 6.07) is 0.198. The van der Waals surface area contributed by atoms with Gasteiger partial charge in [-0.3, -0.25) is 0 Å². The van der Waals surface area contributed by atoms with Crippen LogP contribution in [0.2, 0.25) is 0 Å². The highest BCUT2D eigenvalue weighted by Crippen LogP contribution is 2.32. The number of nitrogens with two attached hydrogens (primary N) is 1. The van der Waals surface area contributed by atoms with Crippen LogP contribution in [0.1, 0.15) is 69.0 Å². The highest BCUT2D eigenvalue weighted by atomic mass is 16.5. The first-order valence-electron chi connectivity index (χ1n) is 7.41. The molecule has 3 rings (SSSR count). The normalized spacial score (nSPS) is 23.8. The molecule has 2 saturated carbocycles. The Morgan fingerprint density at radius 1 is 1.11 bits per heavy atom. The van der Waals surface area contributed by atoms with Crippen molar-refractivity contribution < 1.29 is 4.52 Å². The summed E-state index contributed by atoms with van der Waals surface area (Å²) in [5, 5.41) is 4.14. The standard InChI is InChI=1S/C14H23N3O/c15-12(10-5-1-2-6-10)9-13-16-14(17-18-13)11-7-3-4-8-11/h10-12H,1-9,15H2. The van der Waals surface area contributed by atoms with Crippen LogP contribution in [-0.4, -0.2) is 16.2 Å². The summed E-state index contributed by atoms with van der Waals surface area (Å²) in [6.45, 7) is 0. The summed E-state index contributed by atoms with van der Waals surface area (Å²) in [6.07, 6.45) is 11.0. The molecule has 2 N–H and O–H groups in total. The fourth-order valence-corrected chi connectivity index (χ4v) is 3.45. The van der Waals surface area contributed by atoms with Gasteiger partial charge in [0.25, 0.3) is 0 Å². The number of hydrogen-bond donors (Lipinski definition) is 1. The average molecular weight is 249 g/mol. The Hall–Kier alpha value is -0.900. The molecule has 4 heteroatoms. The lowest BCUT2D eigenvalue weighted by Gasteiger charge is -2.16. The van der Waals surface area contributed by atoms with E-state index in [0.717, 1.165) is 18.1 Å². The first kappa shape index (κ1) is 12.2. The Bertz CT molecular complexity index is 378. The van der Waals surface area contributed by atoms with Crippen molar-refractivity contribution in [3.05, 3.63) is 11.7 Å². The molecule has 0 amide bonds. The molecule has 1 unspecified atom stereocenters. The summed E-state index contributed by atoms with van der Waals surface area (Å²) in [5.41, 5.74) is 6.25. The van der Waals surface area contributed by atoms with E-state index in [1.807, 2.05) is 0 Å². The minimum atomic E-state index is 0.198. The van der Waals surface area contributed by atoms with Crippen LogP contribution in [0.4, 0.5) is 0 Å². The molecule has 100 valence electrons. The van der Waals surface area contributed by atoms with E-state index >= 15 is 0 Å². The van der Waals surface area contributed by atoms with Crippen LogP contribution in [0.3, 0.4) is 0 Å². The molecular weight excluding hydrogens is 226 g/mol. The van der Waals surface area contributed by atoms with Gasteiger partial charge in [-0.2, -0.15) is 4.98 Å². The van der Waals surface area contributed by atoms with Crippen LogP contribution in [0, 0.1) is 5.92 Å². The maximum Gasteiger partial charge on any atom is 0.228 e. The van der Waals surface area contributed by atoms with Crippen LogP contribution >= 0.6 is 0 Å². The van der Waals surface area contributed by atoms with Gasteiger partial charge in [-0.25, -0.2) is 0 Å². The van der Waals surface area contributed by atoms with E-state index in [2.05, 4.69) is 10.1 Å². The number of hydrogen-bond acceptors (Lipinski definition) is 4. The van der Waals surface area contributed by atoms with Crippen molar-refractivity contribution in [2.75, 3.05) is 0 Å².